The lowest BCUT2D eigenvalue weighted by Gasteiger charge is -2.64. The van der Waals surface area contributed by atoms with E-state index >= 15 is 0 Å². The fourth-order valence-corrected chi connectivity index (χ4v) is 7.56. The van der Waals surface area contributed by atoms with E-state index < -0.39 is 16.6 Å². The molecule has 0 radical (unpaired) electrons. The van der Waals surface area contributed by atoms with Crippen LogP contribution in [0.1, 0.15) is 71.6 Å². The molecule has 0 heterocycles. The van der Waals surface area contributed by atoms with Crippen molar-refractivity contribution in [1.82, 2.24) is 0 Å². The van der Waals surface area contributed by atoms with Crippen LogP contribution < -0.4 is 0 Å². The van der Waals surface area contributed by atoms with Crippen molar-refractivity contribution in [3.63, 3.8) is 0 Å². The quantitative estimate of drug-likeness (QED) is 0.332. The third-order valence-corrected chi connectivity index (χ3v) is 9.30. The molecule has 0 spiro atoms. The molecule has 5 heteroatoms. The van der Waals surface area contributed by atoms with Crippen LogP contribution in [0.2, 0.25) is 0 Å². The average Bonchev–Trinajstić information content (AvgIpc) is 2.77. The Morgan fingerprint density at radius 2 is 1.68 bits per heavy atom. The van der Waals surface area contributed by atoms with Gasteiger partial charge in [0.1, 0.15) is 5.60 Å². The predicted octanol–water partition coefficient (Wildman–Crippen LogP) is 2.70. The van der Waals surface area contributed by atoms with Gasteiger partial charge in [-0.1, -0.05) is 19.0 Å². The number of fused-ring (bicyclic) bond motifs is 5. The van der Waals surface area contributed by atoms with E-state index in [-0.39, 0.29) is 17.4 Å². The highest BCUT2D eigenvalue weighted by atomic mass is 16.4. The van der Waals surface area contributed by atoms with Crippen LogP contribution in [0.5, 0.6) is 0 Å². The fourth-order valence-electron chi connectivity index (χ4n) is 7.56. The maximum Gasteiger partial charge on any atom is 0.111 e. The fraction of sp³-hybridized carbons (Fsp3) is 0.950. The molecule has 0 aromatic carbocycles. The maximum absolute atomic E-state index is 11.8. The van der Waals surface area contributed by atoms with Crippen molar-refractivity contribution in [3.8, 4) is 0 Å². The molecule has 0 saturated heterocycles. The minimum Gasteiger partial charge on any atom is -0.411 e. The van der Waals surface area contributed by atoms with E-state index in [1.165, 1.54) is 6.21 Å². The predicted molar refractivity (Wildman–Crippen MR) is 94.4 cm³/mol. The smallest absolute Gasteiger partial charge is 0.111 e. The Labute approximate surface area is 150 Å². The topological polar surface area (TPSA) is 93.3 Å². The molecule has 25 heavy (non-hydrogen) atoms. The van der Waals surface area contributed by atoms with E-state index in [0.717, 1.165) is 44.9 Å². The molecular weight excluding hydrogens is 318 g/mol. The van der Waals surface area contributed by atoms with Gasteiger partial charge in [0.15, 0.2) is 0 Å². The molecule has 4 rings (SSSR count). The molecular formula is C20H33NO4. The van der Waals surface area contributed by atoms with Crippen molar-refractivity contribution in [3.05, 3.63) is 0 Å². The van der Waals surface area contributed by atoms with E-state index in [4.69, 9.17) is 5.21 Å². The monoisotopic (exact) mass is 351 g/mol. The van der Waals surface area contributed by atoms with Crippen molar-refractivity contribution in [1.29, 1.82) is 0 Å². The van der Waals surface area contributed by atoms with Crippen molar-refractivity contribution < 1.29 is 20.5 Å². The lowest BCUT2D eigenvalue weighted by Crippen LogP contribution is -2.65. The average molecular weight is 351 g/mol. The second-order valence-electron chi connectivity index (χ2n) is 9.89. The number of hydrogen-bond donors (Lipinski definition) is 4. The second-order valence-corrected chi connectivity index (χ2v) is 9.89. The number of hydrogen-bond acceptors (Lipinski definition) is 5. The molecule has 5 nitrogen and oxygen atoms in total. The van der Waals surface area contributed by atoms with Gasteiger partial charge < -0.3 is 20.5 Å². The van der Waals surface area contributed by atoms with Crippen molar-refractivity contribution in [2.45, 2.75) is 88.9 Å². The van der Waals surface area contributed by atoms with Gasteiger partial charge in [0.2, 0.25) is 0 Å². The van der Waals surface area contributed by atoms with Crippen LogP contribution >= 0.6 is 0 Å². The van der Waals surface area contributed by atoms with Crippen LogP contribution in [0.25, 0.3) is 0 Å². The molecule has 0 amide bonds. The van der Waals surface area contributed by atoms with Crippen molar-refractivity contribution in [2.75, 3.05) is 0 Å². The van der Waals surface area contributed by atoms with Crippen LogP contribution in [-0.4, -0.2) is 44.0 Å². The Bertz CT molecular complexity index is 582. The highest BCUT2D eigenvalue weighted by Gasteiger charge is 2.71. The molecule has 0 bridgehead atoms. The number of aliphatic hydroxyl groups excluding tert-OH is 1. The van der Waals surface area contributed by atoms with Gasteiger partial charge >= 0.3 is 0 Å². The molecule has 4 aliphatic carbocycles. The summed E-state index contributed by atoms with van der Waals surface area (Å²) in [6, 6.07) is 0. The summed E-state index contributed by atoms with van der Waals surface area (Å²) >= 11 is 0. The minimum absolute atomic E-state index is 0.163. The zero-order valence-electron chi connectivity index (χ0n) is 15.5. The number of nitrogens with zero attached hydrogens (tertiary/aromatic N) is 1. The Morgan fingerprint density at radius 3 is 2.40 bits per heavy atom. The molecule has 8 atom stereocenters. The van der Waals surface area contributed by atoms with Gasteiger partial charge in [0, 0.05) is 5.41 Å². The molecule has 142 valence electrons. The van der Waals surface area contributed by atoms with Crippen molar-refractivity contribution in [2.24, 2.45) is 33.7 Å². The summed E-state index contributed by atoms with van der Waals surface area (Å²) < 4.78 is 0. The lowest BCUT2D eigenvalue weighted by atomic mass is 9.43. The third-order valence-electron chi connectivity index (χ3n) is 9.30. The zero-order chi connectivity index (χ0) is 18.1. The van der Waals surface area contributed by atoms with Gasteiger partial charge in [0.25, 0.3) is 0 Å². The van der Waals surface area contributed by atoms with Crippen LogP contribution in [0.4, 0.5) is 0 Å². The first-order chi connectivity index (χ1) is 11.7. The lowest BCUT2D eigenvalue weighted by molar-refractivity contribution is -0.223. The first-order valence-electron chi connectivity index (χ1n) is 10.0. The highest BCUT2D eigenvalue weighted by Crippen LogP contribution is 2.69. The van der Waals surface area contributed by atoms with Crippen molar-refractivity contribution >= 4 is 6.21 Å². The highest BCUT2D eigenvalue weighted by molar-refractivity contribution is 5.71. The molecule has 3 unspecified atom stereocenters. The van der Waals surface area contributed by atoms with Gasteiger partial charge in [-0.25, -0.2) is 0 Å². The summed E-state index contributed by atoms with van der Waals surface area (Å²) in [4.78, 5) is 0. The Morgan fingerprint density at radius 1 is 0.920 bits per heavy atom. The number of rotatable bonds is 1. The summed E-state index contributed by atoms with van der Waals surface area (Å²) in [6.45, 7) is 4.36. The summed E-state index contributed by atoms with van der Waals surface area (Å²) in [5, 5.41) is 45.2. The van der Waals surface area contributed by atoms with E-state index in [0.29, 0.717) is 24.7 Å². The number of aliphatic hydroxyl groups is 3. The van der Waals surface area contributed by atoms with Crippen LogP contribution in [0.15, 0.2) is 5.16 Å². The maximum atomic E-state index is 11.8. The SMILES string of the molecule is C[C@]12CCC(O)CC1CC[C@@H]1[C@H]2CC[C@]2(C)C(O)(/C=N/O)CC[C@@]12O. The largest absolute Gasteiger partial charge is 0.411 e. The summed E-state index contributed by atoms with van der Waals surface area (Å²) in [5.74, 6) is 1.18. The Kier molecular flexibility index (Phi) is 3.85. The molecule has 4 fully saturated rings. The molecule has 0 aromatic rings. The molecule has 0 aromatic heterocycles. The Balaban J connectivity index is 1.70. The minimum atomic E-state index is -1.23. The van der Waals surface area contributed by atoms with Crippen LogP contribution in [0.3, 0.4) is 0 Å². The van der Waals surface area contributed by atoms with E-state index in [9.17, 15) is 15.3 Å². The standard InChI is InChI=1S/C20H33NO4/c1-17-7-5-14(22)11-13(17)3-4-16-15(17)6-8-18(2)19(23,12-21-25)9-10-20(16,18)24/h12-16,22-25H,3-11H2,1-2H3/b21-12+/t13?,14?,15-,16-,17+,18-,19?,20-/m1/s1. The number of oxime groups is 1. The molecule has 4 saturated carbocycles. The van der Waals surface area contributed by atoms with E-state index in [1.807, 2.05) is 6.92 Å². The molecule has 4 aliphatic rings. The van der Waals surface area contributed by atoms with Gasteiger partial charge in [-0.15, -0.1) is 0 Å². The van der Waals surface area contributed by atoms with E-state index in [2.05, 4.69) is 12.1 Å². The van der Waals surface area contributed by atoms with Gasteiger partial charge in [-0.05, 0) is 81.0 Å². The van der Waals surface area contributed by atoms with Crippen LogP contribution in [-0.2, 0) is 0 Å². The molecule has 4 N–H and O–H groups in total. The third kappa shape index (κ3) is 2.09. The van der Waals surface area contributed by atoms with Gasteiger partial charge in [0.05, 0.1) is 17.9 Å². The van der Waals surface area contributed by atoms with Crippen LogP contribution in [0, 0.1) is 28.6 Å². The second kappa shape index (κ2) is 5.43. The Hall–Kier alpha value is -0.650. The van der Waals surface area contributed by atoms with E-state index in [1.54, 1.807) is 0 Å². The van der Waals surface area contributed by atoms with Gasteiger partial charge in [-0.2, -0.15) is 0 Å². The van der Waals surface area contributed by atoms with Gasteiger partial charge in [-0.3, -0.25) is 0 Å². The summed E-state index contributed by atoms with van der Waals surface area (Å²) in [5.41, 5.74) is -2.62. The first kappa shape index (κ1) is 17.7. The normalized spacial score (nSPS) is 58.6. The first-order valence-corrected chi connectivity index (χ1v) is 10.0. The molecule has 0 aliphatic heterocycles. The summed E-state index contributed by atoms with van der Waals surface area (Å²) in [7, 11) is 0. The summed E-state index contributed by atoms with van der Waals surface area (Å²) in [6.07, 6.45) is 8.67. The zero-order valence-corrected chi connectivity index (χ0v) is 15.5.